The molecule has 1 aliphatic heterocycles. The van der Waals surface area contributed by atoms with Gasteiger partial charge in [-0.25, -0.2) is 4.98 Å². The predicted octanol–water partition coefficient (Wildman–Crippen LogP) is 3.01. The van der Waals surface area contributed by atoms with Crippen LogP contribution in [-0.2, 0) is 6.54 Å². The van der Waals surface area contributed by atoms with Crippen LogP contribution in [0.3, 0.4) is 0 Å². The first-order chi connectivity index (χ1) is 12.1. The van der Waals surface area contributed by atoms with E-state index in [0.717, 1.165) is 47.2 Å². The number of benzene rings is 1. The quantitative estimate of drug-likeness (QED) is 0.670. The van der Waals surface area contributed by atoms with Crippen molar-refractivity contribution in [3.05, 3.63) is 53.2 Å². The van der Waals surface area contributed by atoms with Crippen LogP contribution in [0.1, 0.15) is 29.5 Å². The maximum atomic E-state index is 13.7. The fourth-order valence-corrected chi connectivity index (χ4v) is 3.68. The fraction of sp³-hybridized carbons (Fsp3) is 0.263. The Morgan fingerprint density at radius 1 is 1.40 bits per heavy atom. The molecule has 0 bridgehead atoms. The van der Waals surface area contributed by atoms with Crippen LogP contribution in [0.5, 0.6) is 0 Å². The summed E-state index contributed by atoms with van der Waals surface area (Å²) in [5.74, 6) is -0.561. The van der Waals surface area contributed by atoms with Crippen LogP contribution >= 0.6 is 0 Å². The highest BCUT2D eigenvalue weighted by atomic mass is 19.1. The molecule has 5 nitrogen and oxygen atoms in total. The number of rotatable bonds is 1. The topological polar surface area (TPSA) is 73.9 Å². The molecule has 1 aliphatic rings. The molecule has 126 valence electrons. The molecule has 1 atom stereocenters. The molecule has 0 amide bonds. The van der Waals surface area contributed by atoms with Gasteiger partial charge in [-0.15, -0.1) is 0 Å². The molecule has 0 radical (unpaired) electrons. The van der Waals surface area contributed by atoms with Gasteiger partial charge < -0.3 is 9.67 Å². The first-order valence-corrected chi connectivity index (χ1v) is 8.20. The molecule has 2 N–H and O–H groups in total. The number of nitrogens with one attached hydrogen (secondary N) is 1. The van der Waals surface area contributed by atoms with E-state index in [2.05, 4.69) is 20.9 Å². The van der Waals surface area contributed by atoms with Crippen molar-refractivity contribution in [1.82, 2.24) is 14.9 Å². The largest absolute Gasteiger partial charge is 0.373 e. The van der Waals surface area contributed by atoms with Crippen molar-refractivity contribution >= 4 is 10.9 Å². The van der Waals surface area contributed by atoms with Gasteiger partial charge in [0.15, 0.2) is 0 Å². The normalized spacial score (nSPS) is 17.1. The summed E-state index contributed by atoms with van der Waals surface area (Å²) >= 11 is 0. The van der Waals surface area contributed by atoms with Gasteiger partial charge >= 0.3 is 0 Å². The van der Waals surface area contributed by atoms with Crippen LogP contribution in [0.15, 0.2) is 30.5 Å². The summed E-state index contributed by atoms with van der Waals surface area (Å²) in [5, 5.41) is 23.9. The maximum Gasteiger partial charge on any atom is 0.213 e. The summed E-state index contributed by atoms with van der Waals surface area (Å²) in [6.45, 7) is 3.41. The van der Waals surface area contributed by atoms with Gasteiger partial charge in [-0.05, 0) is 49.2 Å². The van der Waals surface area contributed by atoms with E-state index in [0.29, 0.717) is 11.1 Å². The van der Waals surface area contributed by atoms with Gasteiger partial charge in [-0.2, -0.15) is 9.65 Å². The molecule has 4 rings (SSSR count). The second-order valence-corrected chi connectivity index (χ2v) is 6.27. The van der Waals surface area contributed by atoms with E-state index in [-0.39, 0.29) is 0 Å². The van der Waals surface area contributed by atoms with E-state index in [4.69, 9.17) is 0 Å². The summed E-state index contributed by atoms with van der Waals surface area (Å²) in [6, 6.07) is 8.89. The second kappa shape index (κ2) is 5.96. The number of aliphatic hydroxyl groups is 1. The SMILES string of the molecule is Cc1c2n(c3c(-c4ccnc(F)c4)cc(C#N)cc13)CCCNC2O. The van der Waals surface area contributed by atoms with Gasteiger partial charge in [0.05, 0.1) is 22.8 Å². The van der Waals surface area contributed by atoms with Crippen LogP contribution in [-0.4, -0.2) is 21.2 Å². The number of hydrogen-bond donors (Lipinski definition) is 2. The summed E-state index contributed by atoms with van der Waals surface area (Å²) in [5.41, 5.74) is 4.61. The minimum absolute atomic E-state index is 0.506. The molecular weight excluding hydrogens is 319 g/mol. The zero-order valence-electron chi connectivity index (χ0n) is 13.8. The first-order valence-electron chi connectivity index (χ1n) is 8.20. The average molecular weight is 336 g/mol. The lowest BCUT2D eigenvalue weighted by Crippen LogP contribution is -2.21. The van der Waals surface area contributed by atoms with E-state index in [9.17, 15) is 14.8 Å². The van der Waals surface area contributed by atoms with Crippen molar-refractivity contribution in [3.63, 3.8) is 0 Å². The molecule has 0 fully saturated rings. The van der Waals surface area contributed by atoms with E-state index in [1.165, 1.54) is 12.3 Å². The molecule has 1 aromatic carbocycles. The minimum Gasteiger partial charge on any atom is -0.373 e. The van der Waals surface area contributed by atoms with Crippen LogP contribution in [0.2, 0.25) is 0 Å². The van der Waals surface area contributed by atoms with E-state index >= 15 is 0 Å². The summed E-state index contributed by atoms with van der Waals surface area (Å²) in [4.78, 5) is 3.62. The lowest BCUT2D eigenvalue weighted by molar-refractivity contribution is 0.137. The van der Waals surface area contributed by atoms with Gasteiger partial charge in [-0.1, -0.05) is 0 Å². The van der Waals surface area contributed by atoms with Gasteiger partial charge in [0.1, 0.15) is 6.23 Å². The van der Waals surface area contributed by atoms with E-state index in [1.54, 1.807) is 12.1 Å². The standard InChI is InChI=1S/C19H17FN4O/c1-11-14-7-12(10-21)8-15(13-3-5-22-16(20)9-13)18(14)24-6-2-4-23-19(25)17(11)24/h3,5,7-9,19,23,25H,2,4,6H2,1H3. The van der Waals surface area contributed by atoms with E-state index < -0.39 is 12.2 Å². The van der Waals surface area contributed by atoms with Crippen LogP contribution in [0.25, 0.3) is 22.0 Å². The van der Waals surface area contributed by atoms with Crippen molar-refractivity contribution in [2.24, 2.45) is 0 Å². The van der Waals surface area contributed by atoms with Crippen molar-refractivity contribution in [3.8, 4) is 17.2 Å². The Balaban J connectivity index is 2.12. The predicted molar refractivity (Wildman–Crippen MR) is 92.2 cm³/mol. The van der Waals surface area contributed by atoms with Crippen molar-refractivity contribution in [1.29, 1.82) is 5.26 Å². The average Bonchev–Trinajstić information content (AvgIpc) is 2.76. The Bertz CT molecular complexity index is 1020. The molecule has 0 aliphatic carbocycles. The Labute approximate surface area is 144 Å². The summed E-state index contributed by atoms with van der Waals surface area (Å²) < 4.78 is 15.8. The lowest BCUT2D eigenvalue weighted by atomic mass is 9.99. The molecule has 3 aromatic rings. The smallest absolute Gasteiger partial charge is 0.213 e. The maximum absolute atomic E-state index is 13.7. The number of nitrogens with zero attached hydrogens (tertiary/aromatic N) is 3. The Morgan fingerprint density at radius 2 is 2.24 bits per heavy atom. The van der Waals surface area contributed by atoms with Gasteiger partial charge in [-0.3, -0.25) is 5.32 Å². The number of halogens is 1. The Hall–Kier alpha value is -2.75. The molecule has 0 saturated carbocycles. The highest BCUT2D eigenvalue weighted by Crippen LogP contribution is 2.37. The number of fused-ring (bicyclic) bond motifs is 3. The lowest BCUT2D eigenvalue weighted by Gasteiger charge is -2.13. The Kier molecular flexibility index (Phi) is 3.75. The highest BCUT2D eigenvalue weighted by Gasteiger charge is 2.25. The number of hydrogen-bond acceptors (Lipinski definition) is 4. The minimum atomic E-state index is -0.762. The number of nitriles is 1. The Morgan fingerprint density at radius 3 is 3.00 bits per heavy atom. The fourth-order valence-electron chi connectivity index (χ4n) is 3.68. The third-order valence-corrected chi connectivity index (χ3v) is 4.78. The third kappa shape index (κ3) is 2.49. The number of aryl methyl sites for hydroxylation is 2. The van der Waals surface area contributed by atoms with Crippen LogP contribution in [0, 0.1) is 24.2 Å². The molecule has 1 unspecified atom stereocenters. The molecule has 0 saturated heterocycles. The van der Waals surface area contributed by atoms with Crippen molar-refractivity contribution in [2.45, 2.75) is 26.1 Å². The highest BCUT2D eigenvalue weighted by molar-refractivity contribution is 5.98. The van der Waals surface area contributed by atoms with Crippen LogP contribution in [0.4, 0.5) is 4.39 Å². The molecule has 6 heteroatoms. The van der Waals surface area contributed by atoms with Crippen molar-refractivity contribution in [2.75, 3.05) is 6.54 Å². The molecule has 2 aromatic heterocycles. The number of aliphatic hydroxyl groups excluding tert-OH is 1. The first kappa shape index (κ1) is 15.8. The molecular formula is C19H17FN4O. The van der Waals surface area contributed by atoms with Gasteiger partial charge in [0.25, 0.3) is 0 Å². The zero-order valence-corrected chi connectivity index (χ0v) is 13.8. The van der Waals surface area contributed by atoms with E-state index in [1.807, 2.05) is 13.0 Å². The van der Waals surface area contributed by atoms with Crippen molar-refractivity contribution < 1.29 is 9.50 Å². The molecule has 25 heavy (non-hydrogen) atoms. The third-order valence-electron chi connectivity index (χ3n) is 4.78. The summed E-state index contributed by atoms with van der Waals surface area (Å²) in [6.07, 6.45) is 1.53. The van der Waals surface area contributed by atoms with Gasteiger partial charge in [0, 0.05) is 29.8 Å². The second-order valence-electron chi connectivity index (χ2n) is 6.27. The van der Waals surface area contributed by atoms with Crippen LogP contribution < -0.4 is 5.32 Å². The summed E-state index contributed by atoms with van der Waals surface area (Å²) in [7, 11) is 0. The number of pyridine rings is 1. The van der Waals surface area contributed by atoms with Gasteiger partial charge in [0.2, 0.25) is 5.95 Å². The monoisotopic (exact) mass is 336 g/mol. The molecule has 0 spiro atoms. The number of aromatic nitrogens is 2. The zero-order chi connectivity index (χ0) is 17.6. The molecule has 3 heterocycles.